The topological polar surface area (TPSA) is 58.2 Å². The van der Waals surface area contributed by atoms with Gasteiger partial charge in [0.25, 0.3) is 5.91 Å². The Morgan fingerprint density at radius 3 is 1.84 bits per heavy atom. The average Bonchev–Trinajstić information content (AvgIpc) is 2.77. The Kier molecular flexibility index (Phi) is 6.87. The minimum Gasteiger partial charge on any atom is -0.337 e. The Bertz CT molecular complexity index is 1050. The van der Waals surface area contributed by atoms with Crippen LogP contribution < -0.4 is 10.6 Å². The van der Waals surface area contributed by atoms with Gasteiger partial charge < -0.3 is 10.6 Å². The highest BCUT2D eigenvalue weighted by Crippen LogP contribution is 2.33. The van der Waals surface area contributed by atoms with E-state index in [1.165, 1.54) is 24.3 Å². The van der Waals surface area contributed by atoms with E-state index in [-0.39, 0.29) is 5.56 Å². The standard InChI is InChI=1S/C24H19F3N2O2/c25-24(26,27)20(17-10-4-1-5-11-17)16-21(30)29-22(18-12-6-2-7-13-18)23(31)28-19-14-8-3-9-15-19/h1-16,22H,(H,28,31)(H,29,30)/b20-16-. The molecule has 0 aliphatic carbocycles. The van der Waals surface area contributed by atoms with Crippen molar-refractivity contribution in [1.82, 2.24) is 5.32 Å². The normalized spacial score (nSPS) is 12.7. The maximum atomic E-state index is 13.5. The van der Waals surface area contributed by atoms with E-state index in [0.29, 0.717) is 17.3 Å². The summed E-state index contributed by atoms with van der Waals surface area (Å²) in [5, 5.41) is 5.06. The molecule has 0 heterocycles. The number of hydrogen-bond acceptors (Lipinski definition) is 2. The predicted octanol–water partition coefficient (Wildman–Crippen LogP) is 5.13. The minimum absolute atomic E-state index is 0.143. The SMILES string of the molecule is O=C(/C=C(/c1ccccc1)C(F)(F)F)NC(C(=O)Nc1ccccc1)c1ccccc1. The van der Waals surface area contributed by atoms with Crippen LogP contribution in [0.4, 0.5) is 18.9 Å². The molecule has 0 saturated heterocycles. The fourth-order valence-corrected chi connectivity index (χ4v) is 2.94. The molecule has 158 valence electrons. The van der Waals surface area contributed by atoms with Gasteiger partial charge in [-0.15, -0.1) is 0 Å². The number of benzene rings is 3. The smallest absolute Gasteiger partial charge is 0.337 e. The van der Waals surface area contributed by atoms with E-state index in [1.807, 2.05) is 0 Å². The number of hydrogen-bond donors (Lipinski definition) is 2. The monoisotopic (exact) mass is 424 g/mol. The lowest BCUT2D eigenvalue weighted by Gasteiger charge is -2.19. The van der Waals surface area contributed by atoms with Crippen molar-refractivity contribution >= 4 is 23.1 Å². The number of amides is 2. The molecule has 1 unspecified atom stereocenters. The molecule has 0 saturated carbocycles. The fraction of sp³-hybridized carbons (Fsp3) is 0.0833. The first-order valence-electron chi connectivity index (χ1n) is 9.40. The number of carbonyl (C=O) groups is 2. The zero-order valence-corrected chi connectivity index (χ0v) is 16.3. The van der Waals surface area contributed by atoms with Gasteiger partial charge in [0.15, 0.2) is 0 Å². The highest BCUT2D eigenvalue weighted by Gasteiger charge is 2.35. The van der Waals surface area contributed by atoms with Crippen LogP contribution >= 0.6 is 0 Å². The second-order valence-corrected chi connectivity index (χ2v) is 6.63. The first kappa shape index (κ1) is 21.8. The summed E-state index contributed by atoms with van der Waals surface area (Å²) in [6.07, 6.45) is -4.27. The maximum absolute atomic E-state index is 13.5. The summed E-state index contributed by atoms with van der Waals surface area (Å²) in [5.41, 5.74) is -0.305. The summed E-state index contributed by atoms with van der Waals surface area (Å²) in [6, 6.07) is 22.7. The molecule has 7 heteroatoms. The Hall–Kier alpha value is -3.87. The van der Waals surface area contributed by atoms with Crippen LogP contribution in [-0.4, -0.2) is 18.0 Å². The molecule has 2 N–H and O–H groups in total. The van der Waals surface area contributed by atoms with Crippen LogP contribution in [0.1, 0.15) is 17.2 Å². The molecule has 4 nitrogen and oxygen atoms in total. The highest BCUT2D eigenvalue weighted by atomic mass is 19.4. The van der Waals surface area contributed by atoms with E-state index >= 15 is 0 Å². The quantitative estimate of drug-likeness (QED) is 0.539. The van der Waals surface area contributed by atoms with E-state index in [1.54, 1.807) is 66.7 Å². The number of nitrogens with one attached hydrogen (secondary N) is 2. The molecule has 3 rings (SSSR count). The van der Waals surface area contributed by atoms with Crippen LogP contribution in [0, 0.1) is 0 Å². The zero-order chi connectivity index (χ0) is 22.3. The van der Waals surface area contributed by atoms with Crippen molar-refractivity contribution < 1.29 is 22.8 Å². The maximum Gasteiger partial charge on any atom is 0.417 e. The number of para-hydroxylation sites is 1. The molecule has 3 aromatic rings. The van der Waals surface area contributed by atoms with Gasteiger partial charge in [0, 0.05) is 11.8 Å². The van der Waals surface area contributed by atoms with Gasteiger partial charge in [-0.05, 0) is 23.3 Å². The first-order valence-corrected chi connectivity index (χ1v) is 9.40. The van der Waals surface area contributed by atoms with Crippen LogP contribution in [-0.2, 0) is 9.59 Å². The van der Waals surface area contributed by atoms with Gasteiger partial charge in [-0.3, -0.25) is 9.59 Å². The molecule has 3 aromatic carbocycles. The van der Waals surface area contributed by atoms with Crippen LogP contribution in [0.2, 0.25) is 0 Å². The van der Waals surface area contributed by atoms with Crippen molar-refractivity contribution in [3.8, 4) is 0 Å². The molecule has 0 radical (unpaired) electrons. The van der Waals surface area contributed by atoms with E-state index in [4.69, 9.17) is 0 Å². The van der Waals surface area contributed by atoms with Gasteiger partial charge in [-0.1, -0.05) is 78.9 Å². The number of alkyl halides is 3. The van der Waals surface area contributed by atoms with Crippen molar-refractivity contribution in [2.45, 2.75) is 12.2 Å². The van der Waals surface area contributed by atoms with Crippen molar-refractivity contribution in [1.29, 1.82) is 0 Å². The van der Waals surface area contributed by atoms with Gasteiger partial charge in [0.05, 0.1) is 5.57 Å². The molecule has 31 heavy (non-hydrogen) atoms. The van der Waals surface area contributed by atoms with Crippen molar-refractivity contribution in [2.24, 2.45) is 0 Å². The van der Waals surface area contributed by atoms with Gasteiger partial charge >= 0.3 is 6.18 Å². The van der Waals surface area contributed by atoms with E-state index < -0.39 is 29.6 Å². The predicted molar refractivity (Wildman–Crippen MR) is 113 cm³/mol. The Labute approximate surface area is 177 Å². The Morgan fingerprint density at radius 1 is 0.774 bits per heavy atom. The largest absolute Gasteiger partial charge is 0.417 e. The molecule has 0 aromatic heterocycles. The molecule has 0 fully saturated rings. The molecule has 1 atom stereocenters. The number of carbonyl (C=O) groups excluding carboxylic acids is 2. The third kappa shape index (κ3) is 6.05. The summed E-state index contributed by atoms with van der Waals surface area (Å²) in [6.45, 7) is 0. The van der Waals surface area contributed by atoms with Gasteiger partial charge in [0.1, 0.15) is 6.04 Å². The molecular formula is C24H19F3N2O2. The Morgan fingerprint density at radius 2 is 1.29 bits per heavy atom. The van der Waals surface area contributed by atoms with Crippen LogP contribution in [0.15, 0.2) is 97.1 Å². The summed E-state index contributed by atoms with van der Waals surface area (Å²) >= 11 is 0. The van der Waals surface area contributed by atoms with Crippen molar-refractivity contribution in [3.63, 3.8) is 0 Å². The number of rotatable bonds is 6. The number of halogens is 3. The van der Waals surface area contributed by atoms with Crippen molar-refractivity contribution in [2.75, 3.05) is 5.32 Å². The first-order chi connectivity index (χ1) is 14.8. The third-order valence-corrected chi connectivity index (χ3v) is 4.39. The summed E-state index contributed by atoms with van der Waals surface area (Å²) < 4.78 is 40.6. The lowest BCUT2D eigenvalue weighted by molar-refractivity contribution is -0.124. The second-order valence-electron chi connectivity index (χ2n) is 6.63. The Balaban J connectivity index is 1.88. The van der Waals surface area contributed by atoms with Crippen molar-refractivity contribution in [3.05, 3.63) is 108 Å². The van der Waals surface area contributed by atoms with E-state index in [9.17, 15) is 22.8 Å². The van der Waals surface area contributed by atoms with Crippen LogP contribution in [0.25, 0.3) is 5.57 Å². The van der Waals surface area contributed by atoms with Crippen LogP contribution in [0.3, 0.4) is 0 Å². The second kappa shape index (κ2) is 9.75. The highest BCUT2D eigenvalue weighted by molar-refractivity contribution is 6.02. The molecule has 0 spiro atoms. The molecular weight excluding hydrogens is 405 g/mol. The van der Waals surface area contributed by atoms with Gasteiger partial charge in [-0.2, -0.15) is 13.2 Å². The van der Waals surface area contributed by atoms with Gasteiger partial charge in [-0.25, -0.2) is 0 Å². The third-order valence-electron chi connectivity index (χ3n) is 4.39. The summed E-state index contributed by atoms with van der Waals surface area (Å²) in [4.78, 5) is 25.4. The fourth-order valence-electron chi connectivity index (χ4n) is 2.94. The molecule has 0 bridgehead atoms. The van der Waals surface area contributed by atoms with Gasteiger partial charge in [0.2, 0.25) is 5.91 Å². The number of allylic oxidation sites excluding steroid dienone is 1. The number of anilines is 1. The summed E-state index contributed by atoms with van der Waals surface area (Å²) in [7, 11) is 0. The minimum atomic E-state index is -4.74. The molecule has 2 amide bonds. The van der Waals surface area contributed by atoms with Crippen LogP contribution in [0.5, 0.6) is 0 Å². The summed E-state index contributed by atoms with van der Waals surface area (Å²) in [5.74, 6) is -1.61. The zero-order valence-electron chi connectivity index (χ0n) is 16.3. The van der Waals surface area contributed by atoms with E-state index in [2.05, 4.69) is 10.6 Å². The lowest BCUT2D eigenvalue weighted by Crippen LogP contribution is -2.36. The average molecular weight is 424 g/mol. The van der Waals surface area contributed by atoms with E-state index in [0.717, 1.165) is 0 Å². The lowest BCUT2D eigenvalue weighted by atomic mass is 10.0. The molecule has 0 aliphatic heterocycles. The molecule has 0 aliphatic rings.